The lowest BCUT2D eigenvalue weighted by atomic mass is 10.3. The number of aromatic amines is 2. The van der Waals surface area contributed by atoms with Gasteiger partial charge in [-0.3, -0.25) is 9.98 Å². The third-order valence-corrected chi connectivity index (χ3v) is 5.01. The highest BCUT2D eigenvalue weighted by molar-refractivity contribution is 5.57. The Balaban J connectivity index is 1.60. The summed E-state index contributed by atoms with van der Waals surface area (Å²) in [5, 5.41) is 17.0. The number of hydrogen-bond donors (Lipinski definition) is 4. The van der Waals surface area contributed by atoms with E-state index in [9.17, 15) is 9.90 Å². The SMILES string of the molecule is O=c1[nH]c(O)c(C=c2cnn3c(=NCC4CC4)cc(NN4CCOCC4)nc23)[nH]1. The van der Waals surface area contributed by atoms with Gasteiger partial charge in [0.25, 0.3) is 0 Å². The molecule has 1 aliphatic carbocycles. The standard InChI is InChI=1S/C18H22N8O3/c27-17-13(21-18(28)23-17)7-12-10-20-26-15(19-9-11-1-2-11)8-14(22-16(12)26)24-25-3-5-29-6-4-25/h7-8,10-11,24,27H,1-6,9H2,(H2,21,23,28). The Bertz CT molecular complexity index is 1200. The van der Waals surface area contributed by atoms with Crippen LogP contribution in [-0.2, 0) is 4.74 Å². The summed E-state index contributed by atoms with van der Waals surface area (Å²) in [6.45, 7) is 3.62. The van der Waals surface area contributed by atoms with E-state index in [1.165, 1.54) is 12.8 Å². The maximum Gasteiger partial charge on any atom is 0.326 e. The molecule has 11 nitrogen and oxygen atoms in total. The first-order valence-corrected chi connectivity index (χ1v) is 9.67. The number of morpholine rings is 1. The van der Waals surface area contributed by atoms with Crippen LogP contribution in [0.15, 0.2) is 22.1 Å². The minimum absolute atomic E-state index is 0.226. The quantitative estimate of drug-likeness (QED) is 0.431. The Hall–Kier alpha value is -3.18. The molecule has 5 rings (SSSR count). The van der Waals surface area contributed by atoms with Crippen molar-refractivity contribution in [1.29, 1.82) is 0 Å². The van der Waals surface area contributed by atoms with E-state index >= 15 is 0 Å². The lowest BCUT2D eigenvalue weighted by Gasteiger charge is -2.27. The second-order valence-electron chi connectivity index (χ2n) is 7.32. The lowest BCUT2D eigenvalue weighted by Crippen LogP contribution is -2.40. The van der Waals surface area contributed by atoms with Crippen molar-refractivity contribution in [3.8, 4) is 5.88 Å². The Kier molecular flexibility index (Phi) is 4.52. The molecule has 152 valence electrons. The van der Waals surface area contributed by atoms with Gasteiger partial charge >= 0.3 is 5.69 Å². The molecule has 0 spiro atoms. The maximum atomic E-state index is 11.4. The summed E-state index contributed by atoms with van der Waals surface area (Å²) >= 11 is 0. The van der Waals surface area contributed by atoms with E-state index < -0.39 is 5.69 Å². The van der Waals surface area contributed by atoms with E-state index in [0.29, 0.717) is 41.3 Å². The minimum atomic E-state index is -0.479. The summed E-state index contributed by atoms with van der Waals surface area (Å²) < 4.78 is 7.08. The Morgan fingerprint density at radius 1 is 1.34 bits per heavy atom. The van der Waals surface area contributed by atoms with Crippen LogP contribution < -0.4 is 21.8 Å². The van der Waals surface area contributed by atoms with E-state index in [1.807, 2.05) is 6.07 Å². The van der Waals surface area contributed by atoms with E-state index in [4.69, 9.17) is 14.7 Å². The van der Waals surface area contributed by atoms with Gasteiger partial charge < -0.3 is 20.3 Å². The fourth-order valence-electron chi connectivity index (χ4n) is 3.24. The number of H-pyrrole nitrogens is 2. The molecule has 3 aromatic heterocycles. The monoisotopic (exact) mass is 398 g/mol. The van der Waals surface area contributed by atoms with E-state index in [2.05, 4.69) is 25.5 Å². The van der Waals surface area contributed by atoms with Gasteiger partial charge in [-0.1, -0.05) is 0 Å². The van der Waals surface area contributed by atoms with E-state index in [1.54, 1.807) is 16.8 Å². The fourth-order valence-corrected chi connectivity index (χ4v) is 3.24. The molecule has 1 aliphatic heterocycles. The van der Waals surface area contributed by atoms with Crippen molar-refractivity contribution < 1.29 is 9.84 Å². The first kappa shape index (κ1) is 17.9. The number of anilines is 1. The zero-order valence-corrected chi connectivity index (χ0v) is 15.8. The van der Waals surface area contributed by atoms with Crippen LogP contribution >= 0.6 is 0 Å². The smallest absolute Gasteiger partial charge is 0.326 e. The van der Waals surface area contributed by atoms with Crippen LogP contribution in [0.1, 0.15) is 18.5 Å². The molecular formula is C18H22N8O3. The van der Waals surface area contributed by atoms with Gasteiger partial charge in [0.2, 0.25) is 5.88 Å². The third kappa shape index (κ3) is 3.87. The fraction of sp³-hybridized carbons (Fsp3) is 0.444. The minimum Gasteiger partial charge on any atom is -0.493 e. The van der Waals surface area contributed by atoms with Crippen LogP contribution in [0.4, 0.5) is 5.82 Å². The van der Waals surface area contributed by atoms with Crippen LogP contribution in [0.25, 0.3) is 11.7 Å². The zero-order valence-electron chi connectivity index (χ0n) is 15.8. The maximum absolute atomic E-state index is 11.4. The molecule has 0 aromatic carbocycles. The number of nitrogens with one attached hydrogen (secondary N) is 3. The Labute approximate surface area is 164 Å². The molecule has 1 saturated carbocycles. The molecule has 3 aromatic rings. The second kappa shape index (κ2) is 7.33. The number of nitrogens with zero attached hydrogens (tertiary/aromatic N) is 5. The van der Waals surface area contributed by atoms with E-state index in [-0.39, 0.29) is 11.6 Å². The number of ether oxygens (including phenoxy) is 1. The van der Waals surface area contributed by atoms with E-state index in [0.717, 1.165) is 19.6 Å². The molecule has 0 bridgehead atoms. The number of aromatic nitrogens is 5. The largest absolute Gasteiger partial charge is 0.493 e. The zero-order chi connectivity index (χ0) is 19.8. The van der Waals surface area contributed by atoms with Gasteiger partial charge in [0, 0.05) is 30.9 Å². The van der Waals surface area contributed by atoms with Gasteiger partial charge in [-0.05, 0) is 24.8 Å². The van der Waals surface area contributed by atoms with Crippen molar-refractivity contribution in [3.05, 3.63) is 39.1 Å². The Morgan fingerprint density at radius 2 is 2.17 bits per heavy atom. The normalized spacial score (nSPS) is 19.3. The summed E-state index contributed by atoms with van der Waals surface area (Å²) in [7, 11) is 0. The summed E-state index contributed by atoms with van der Waals surface area (Å²) in [4.78, 5) is 25.7. The number of fused-ring (bicyclic) bond motifs is 1. The van der Waals surface area contributed by atoms with Crippen molar-refractivity contribution in [1.82, 2.24) is 29.6 Å². The first-order chi connectivity index (χ1) is 14.2. The average molecular weight is 398 g/mol. The van der Waals surface area contributed by atoms with Gasteiger partial charge in [-0.15, -0.1) is 0 Å². The first-order valence-electron chi connectivity index (χ1n) is 9.67. The molecule has 4 heterocycles. The number of hydrogen-bond acceptors (Lipinski definition) is 8. The third-order valence-electron chi connectivity index (χ3n) is 5.01. The summed E-state index contributed by atoms with van der Waals surface area (Å²) in [5.74, 6) is 1.09. The molecule has 0 atom stereocenters. The van der Waals surface area contributed by atoms with Crippen LogP contribution in [0, 0.1) is 5.92 Å². The van der Waals surface area contributed by atoms with Crippen LogP contribution in [0.2, 0.25) is 0 Å². The molecular weight excluding hydrogens is 376 g/mol. The number of rotatable bonds is 5. The van der Waals surface area contributed by atoms with Gasteiger partial charge in [-0.25, -0.2) is 14.8 Å². The van der Waals surface area contributed by atoms with Gasteiger partial charge in [0.05, 0.1) is 19.4 Å². The van der Waals surface area contributed by atoms with Crippen molar-refractivity contribution >= 4 is 17.5 Å². The van der Waals surface area contributed by atoms with Gasteiger partial charge in [-0.2, -0.15) is 9.61 Å². The van der Waals surface area contributed by atoms with Crippen molar-refractivity contribution in [2.75, 3.05) is 38.3 Å². The second-order valence-corrected chi connectivity index (χ2v) is 7.32. The lowest BCUT2D eigenvalue weighted by molar-refractivity contribution is 0.0495. The number of imidazole rings is 1. The topological polar surface area (TPSA) is 136 Å². The van der Waals surface area contributed by atoms with Crippen molar-refractivity contribution in [3.63, 3.8) is 0 Å². The predicted octanol–water partition coefficient (Wildman–Crippen LogP) is -1.03. The number of hydrazine groups is 1. The number of aromatic hydroxyl groups is 1. The molecule has 2 aliphatic rings. The predicted molar refractivity (Wildman–Crippen MR) is 104 cm³/mol. The molecule has 11 heteroatoms. The molecule has 2 fully saturated rings. The van der Waals surface area contributed by atoms with Crippen molar-refractivity contribution in [2.24, 2.45) is 10.9 Å². The highest BCUT2D eigenvalue weighted by Gasteiger charge is 2.20. The van der Waals surface area contributed by atoms with Crippen LogP contribution in [0.3, 0.4) is 0 Å². The molecule has 0 radical (unpaired) electrons. The summed E-state index contributed by atoms with van der Waals surface area (Å²) in [6, 6.07) is 1.89. The van der Waals surface area contributed by atoms with Crippen LogP contribution in [0.5, 0.6) is 5.88 Å². The van der Waals surface area contributed by atoms with Gasteiger partial charge in [0.1, 0.15) is 11.5 Å². The Morgan fingerprint density at radius 3 is 2.90 bits per heavy atom. The highest BCUT2D eigenvalue weighted by atomic mass is 16.5. The molecule has 0 unspecified atom stereocenters. The summed E-state index contributed by atoms with van der Waals surface area (Å²) in [6.07, 6.45) is 5.71. The average Bonchev–Trinajstić information content (AvgIpc) is 3.38. The molecule has 4 N–H and O–H groups in total. The van der Waals surface area contributed by atoms with Gasteiger partial charge in [0.15, 0.2) is 11.1 Å². The van der Waals surface area contributed by atoms with Crippen LogP contribution in [-0.4, -0.2) is 67.5 Å². The summed E-state index contributed by atoms with van der Waals surface area (Å²) in [5.41, 5.74) is 4.42. The molecule has 29 heavy (non-hydrogen) atoms. The molecule has 1 saturated heterocycles. The highest BCUT2D eigenvalue weighted by Crippen LogP contribution is 2.28. The molecule has 0 amide bonds. The van der Waals surface area contributed by atoms with Crippen molar-refractivity contribution in [2.45, 2.75) is 12.8 Å².